The molecule has 0 aromatic heterocycles. The maximum absolute atomic E-state index is 12.8. The Bertz CT molecular complexity index is 759. The zero-order valence-corrected chi connectivity index (χ0v) is 19.6. The van der Waals surface area contributed by atoms with Crippen LogP contribution in [0.15, 0.2) is 0 Å². The Labute approximate surface area is 197 Å². The lowest BCUT2D eigenvalue weighted by atomic mass is 9.98. The molecule has 5 amide bonds. The molecule has 0 saturated heterocycles. The molecule has 0 bridgehead atoms. The molecule has 0 rings (SSSR count). The van der Waals surface area contributed by atoms with E-state index in [9.17, 15) is 39.0 Å². The molecule has 0 aromatic rings. The van der Waals surface area contributed by atoms with E-state index in [4.69, 9.17) is 17.2 Å². The Morgan fingerprint density at radius 1 is 0.794 bits per heavy atom. The summed E-state index contributed by atoms with van der Waals surface area (Å²) in [4.78, 5) is 71.4. The van der Waals surface area contributed by atoms with Crippen molar-refractivity contribution in [3.8, 4) is 0 Å². The third kappa shape index (κ3) is 11.0. The third-order valence-electron chi connectivity index (χ3n) is 5.19. The Kier molecular flexibility index (Phi) is 13.4. The summed E-state index contributed by atoms with van der Waals surface area (Å²) < 4.78 is 0. The van der Waals surface area contributed by atoms with E-state index in [1.807, 2.05) is 0 Å². The van der Waals surface area contributed by atoms with Gasteiger partial charge in [0.05, 0.1) is 12.1 Å². The highest BCUT2D eigenvalue weighted by molar-refractivity contribution is 5.94. The number of aliphatic hydroxyl groups excluding tert-OH is 1. The van der Waals surface area contributed by atoms with Gasteiger partial charge in [0.1, 0.15) is 18.1 Å². The van der Waals surface area contributed by atoms with Gasteiger partial charge in [-0.15, -0.1) is 0 Å². The van der Waals surface area contributed by atoms with Crippen molar-refractivity contribution in [2.24, 2.45) is 23.1 Å². The quantitative estimate of drug-likeness (QED) is 0.109. The lowest BCUT2D eigenvalue weighted by Gasteiger charge is -2.27. The summed E-state index contributed by atoms with van der Waals surface area (Å²) in [5, 5.41) is 26.3. The van der Waals surface area contributed by atoms with Crippen molar-refractivity contribution in [3.63, 3.8) is 0 Å². The number of nitrogens with two attached hydrogens (primary N) is 3. The third-order valence-corrected chi connectivity index (χ3v) is 5.19. The minimum atomic E-state index is -1.54. The van der Waals surface area contributed by atoms with Crippen LogP contribution < -0.4 is 33.2 Å². The maximum atomic E-state index is 12.8. The van der Waals surface area contributed by atoms with E-state index in [1.165, 1.54) is 6.92 Å². The van der Waals surface area contributed by atoms with E-state index in [0.717, 1.165) is 0 Å². The number of hydrogen-bond donors (Lipinski definition) is 8. The number of carboxylic acids is 1. The molecule has 14 nitrogen and oxygen atoms in total. The first-order valence-electron chi connectivity index (χ1n) is 10.8. The second-order valence-corrected chi connectivity index (χ2v) is 8.11. The Balaban J connectivity index is 5.52. The highest BCUT2D eigenvalue weighted by Crippen LogP contribution is 2.09. The molecule has 0 aliphatic heterocycles. The Hall–Kier alpha value is -3.26. The van der Waals surface area contributed by atoms with E-state index >= 15 is 0 Å². The van der Waals surface area contributed by atoms with Crippen LogP contribution in [0.1, 0.15) is 52.9 Å². The van der Waals surface area contributed by atoms with Gasteiger partial charge in [-0.2, -0.15) is 0 Å². The number of amides is 5. The number of carbonyl (C=O) groups excluding carboxylic acids is 5. The summed E-state index contributed by atoms with van der Waals surface area (Å²) in [5.41, 5.74) is 15.8. The van der Waals surface area contributed by atoms with Gasteiger partial charge in [-0.3, -0.25) is 24.0 Å². The summed E-state index contributed by atoms with van der Waals surface area (Å²) >= 11 is 0. The van der Waals surface area contributed by atoms with Gasteiger partial charge >= 0.3 is 5.97 Å². The number of aliphatic carboxylic acids is 1. The van der Waals surface area contributed by atoms with E-state index < -0.39 is 71.7 Å². The molecule has 0 radical (unpaired) electrons. The van der Waals surface area contributed by atoms with Gasteiger partial charge in [-0.05, 0) is 25.7 Å². The van der Waals surface area contributed by atoms with Crippen LogP contribution >= 0.6 is 0 Å². The first-order valence-corrected chi connectivity index (χ1v) is 10.8. The average Bonchev–Trinajstić information content (AvgIpc) is 2.74. The van der Waals surface area contributed by atoms with Gasteiger partial charge in [0.2, 0.25) is 29.5 Å². The van der Waals surface area contributed by atoms with Crippen LogP contribution in [0, 0.1) is 5.92 Å². The van der Waals surface area contributed by atoms with Gasteiger partial charge < -0.3 is 43.4 Å². The summed E-state index contributed by atoms with van der Waals surface area (Å²) in [6, 6.07) is -5.36. The molecule has 0 aromatic carbocycles. The van der Waals surface area contributed by atoms with Crippen LogP contribution in [0.5, 0.6) is 0 Å². The number of primary amides is 2. The van der Waals surface area contributed by atoms with Crippen LogP contribution in [0.4, 0.5) is 0 Å². The molecule has 34 heavy (non-hydrogen) atoms. The molecule has 6 unspecified atom stereocenters. The van der Waals surface area contributed by atoms with Gasteiger partial charge in [-0.1, -0.05) is 20.3 Å². The van der Waals surface area contributed by atoms with Crippen molar-refractivity contribution in [2.75, 3.05) is 0 Å². The molecule has 14 heteroatoms. The maximum Gasteiger partial charge on any atom is 0.326 e. The van der Waals surface area contributed by atoms with E-state index in [1.54, 1.807) is 13.8 Å². The molecule has 11 N–H and O–H groups in total. The van der Waals surface area contributed by atoms with Crippen LogP contribution in [0.3, 0.4) is 0 Å². The summed E-state index contributed by atoms with van der Waals surface area (Å²) in [6.07, 6.45) is -1.79. The zero-order chi connectivity index (χ0) is 26.6. The summed E-state index contributed by atoms with van der Waals surface area (Å²) in [5.74, 6) is -5.84. The SMILES string of the molecule is CCC(C)C(NC(=O)C(CCC(N)=O)NC(=O)C(NC(=O)C(N)CCC(N)=O)C(C)O)C(=O)O. The standard InChI is InChI=1S/C20H36N6O8/c1-4-9(2)15(20(33)34)25-18(31)12(6-8-14(23)29)24-19(32)16(10(3)27)26-17(30)11(21)5-7-13(22)28/h9-12,15-16,27H,4-8,21H2,1-3H3,(H2,22,28)(H2,23,29)(H,24,32)(H,25,31)(H,26,30)(H,33,34). The van der Waals surface area contributed by atoms with Crippen molar-refractivity contribution in [2.45, 2.75) is 83.1 Å². The second-order valence-electron chi connectivity index (χ2n) is 8.11. The summed E-state index contributed by atoms with van der Waals surface area (Å²) in [6.45, 7) is 4.57. The van der Waals surface area contributed by atoms with Crippen molar-refractivity contribution >= 4 is 35.5 Å². The molecule has 0 saturated carbocycles. The van der Waals surface area contributed by atoms with Crippen molar-refractivity contribution in [3.05, 3.63) is 0 Å². The first kappa shape index (κ1) is 30.7. The largest absolute Gasteiger partial charge is 0.480 e. The molecule has 0 fully saturated rings. The fourth-order valence-corrected chi connectivity index (χ4v) is 2.85. The van der Waals surface area contributed by atoms with E-state index in [0.29, 0.717) is 6.42 Å². The number of aliphatic hydroxyl groups is 1. The molecule has 6 atom stereocenters. The minimum Gasteiger partial charge on any atom is -0.480 e. The molecular formula is C20H36N6O8. The minimum absolute atomic E-state index is 0.0921. The number of nitrogens with one attached hydrogen (secondary N) is 3. The predicted octanol–water partition coefficient (Wildman–Crippen LogP) is -3.19. The number of rotatable bonds is 16. The smallest absolute Gasteiger partial charge is 0.326 e. The molecule has 0 heterocycles. The van der Waals surface area contributed by atoms with Crippen molar-refractivity contribution in [1.29, 1.82) is 0 Å². The second kappa shape index (κ2) is 14.8. The molecule has 0 aliphatic rings. The van der Waals surface area contributed by atoms with Gasteiger partial charge in [0.15, 0.2) is 0 Å². The molecular weight excluding hydrogens is 452 g/mol. The topological polar surface area (TPSA) is 257 Å². The monoisotopic (exact) mass is 488 g/mol. The van der Waals surface area contributed by atoms with E-state index in [-0.39, 0.29) is 25.7 Å². The molecule has 0 spiro atoms. The average molecular weight is 489 g/mol. The van der Waals surface area contributed by atoms with Gasteiger partial charge in [0.25, 0.3) is 0 Å². The van der Waals surface area contributed by atoms with Gasteiger partial charge in [-0.25, -0.2) is 4.79 Å². The van der Waals surface area contributed by atoms with Crippen LogP contribution in [-0.4, -0.2) is 76.0 Å². The fourth-order valence-electron chi connectivity index (χ4n) is 2.85. The van der Waals surface area contributed by atoms with Crippen LogP contribution in [0.2, 0.25) is 0 Å². The van der Waals surface area contributed by atoms with Crippen LogP contribution in [-0.2, 0) is 28.8 Å². The zero-order valence-electron chi connectivity index (χ0n) is 19.6. The normalized spacial score (nSPS) is 16.1. The molecule has 194 valence electrons. The lowest BCUT2D eigenvalue weighted by Crippen LogP contribution is -2.60. The Morgan fingerprint density at radius 3 is 1.74 bits per heavy atom. The Morgan fingerprint density at radius 2 is 1.29 bits per heavy atom. The first-order chi connectivity index (χ1) is 15.7. The van der Waals surface area contributed by atoms with Crippen molar-refractivity contribution < 1.29 is 39.0 Å². The summed E-state index contributed by atoms with van der Waals surface area (Å²) in [7, 11) is 0. The van der Waals surface area contributed by atoms with Gasteiger partial charge in [0, 0.05) is 12.8 Å². The number of carboxylic acid groups (broad SMARTS) is 1. The number of carbonyl (C=O) groups is 6. The van der Waals surface area contributed by atoms with E-state index in [2.05, 4.69) is 16.0 Å². The highest BCUT2D eigenvalue weighted by Gasteiger charge is 2.33. The van der Waals surface area contributed by atoms with Crippen molar-refractivity contribution in [1.82, 2.24) is 16.0 Å². The van der Waals surface area contributed by atoms with Crippen LogP contribution in [0.25, 0.3) is 0 Å². The number of hydrogen-bond acceptors (Lipinski definition) is 8. The molecule has 0 aliphatic carbocycles. The highest BCUT2D eigenvalue weighted by atomic mass is 16.4. The predicted molar refractivity (Wildman–Crippen MR) is 119 cm³/mol. The lowest BCUT2D eigenvalue weighted by molar-refractivity contribution is -0.144. The fraction of sp³-hybridized carbons (Fsp3) is 0.700.